The van der Waals surface area contributed by atoms with Crippen LogP contribution < -0.4 is 4.74 Å². The summed E-state index contributed by atoms with van der Waals surface area (Å²) >= 11 is 0. The molecular formula is C26H38O. The first-order valence-electron chi connectivity index (χ1n) is 11.2. The molecule has 0 unspecified atom stereocenters. The highest BCUT2D eigenvalue weighted by molar-refractivity contribution is 5.32. The second kappa shape index (κ2) is 14.3. The maximum atomic E-state index is 5.85. The second-order valence-electron chi connectivity index (χ2n) is 7.70. The van der Waals surface area contributed by atoms with Crippen LogP contribution in [-0.4, -0.2) is 0 Å². The standard InChI is InChI=1S/C26H38O/c1-2-3-4-5-6-7-8-9-10-11-12-14-17-24-20-22-26(23-21-24)27-25-18-15-13-16-19-25/h13,15-16,18-23H,2-12,14,17H2,1H3. The SMILES string of the molecule is CCCCCCCCCCCCCCc1ccc(Oc2ccccc2)cc1. The molecule has 1 heteroatoms. The Balaban J connectivity index is 1.46. The van der Waals surface area contributed by atoms with E-state index in [2.05, 4.69) is 31.2 Å². The molecule has 2 rings (SSSR count). The summed E-state index contributed by atoms with van der Waals surface area (Å²) in [5, 5.41) is 0. The molecule has 0 bridgehead atoms. The molecule has 1 nitrogen and oxygen atoms in total. The summed E-state index contributed by atoms with van der Waals surface area (Å²) in [7, 11) is 0. The van der Waals surface area contributed by atoms with Crippen LogP contribution in [0, 0.1) is 0 Å². The van der Waals surface area contributed by atoms with Gasteiger partial charge in [-0.15, -0.1) is 0 Å². The predicted octanol–water partition coefficient (Wildman–Crippen LogP) is 8.72. The molecule has 0 aliphatic rings. The van der Waals surface area contributed by atoms with Gasteiger partial charge in [0.25, 0.3) is 0 Å². The molecule has 0 fully saturated rings. The molecule has 0 saturated heterocycles. The van der Waals surface area contributed by atoms with Gasteiger partial charge in [0.15, 0.2) is 0 Å². The minimum absolute atomic E-state index is 0.895. The number of hydrogen-bond acceptors (Lipinski definition) is 1. The number of hydrogen-bond donors (Lipinski definition) is 0. The Morgan fingerprint density at radius 3 is 1.56 bits per heavy atom. The van der Waals surface area contributed by atoms with Crippen LogP contribution in [0.1, 0.15) is 89.5 Å². The van der Waals surface area contributed by atoms with Crippen molar-refractivity contribution in [1.29, 1.82) is 0 Å². The van der Waals surface area contributed by atoms with Crippen molar-refractivity contribution in [3.63, 3.8) is 0 Å². The number of rotatable bonds is 15. The molecule has 0 aromatic heterocycles. The summed E-state index contributed by atoms with van der Waals surface area (Å²) in [5.41, 5.74) is 1.42. The number of unbranched alkanes of at least 4 members (excludes halogenated alkanes) is 11. The van der Waals surface area contributed by atoms with Crippen molar-refractivity contribution in [2.75, 3.05) is 0 Å². The lowest BCUT2D eigenvalue weighted by molar-refractivity contribution is 0.482. The zero-order chi connectivity index (χ0) is 19.0. The van der Waals surface area contributed by atoms with Crippen LogP contribution in [0.4, 0.5) is 0 Å². The van der Waals surface area contributed by atoms with Gasteiger partial charge in [-0.3, -0.25) is 0 Å². The molecule has 27 heavy (non-hydrogen) atoms. The molecular weight excluding hydrogens is 328 g/mol. The van der Waals surface area contributed by atoms with Gasteiger partial charge in [-0.1, -0.05) is 108 Å². The number of aryl methyl sites for hydroxylation is 1. The minimum Gasteiger partial charge on any atom is -0.457 e. The Bertz CT molecular complexity index is 573. The zero-order valence-corrected chi connectivity index (χ0v) is 17.3. The van der Waals surface area contributed by atoms with Gasteiger partial charge in [0, 0.05) is 0 Å². The molecule has 0 heterocycles. The van der Waals surface area contributed by atoms with E-state index in [9.17, 15) is 0 Å². The van der Waals surface area contributed by atoms with Gasteiger partial charge in [-0.25, -0.2) is 0 Å². The molecule has 0 N–H and O–H groups in total. The summed E-state index contributed by atoms with van der Waals surface area (Å²) in [6, 6.07) is 18.6. The molecule has 2 aromatic rings. The quantitative estimate of drug-likeness (QED) is 0.286. The number of ether oxygens (including phenoxy) is 1. The highest BCUT2D eigenvalue weighted by atomic mass is 16.5. The number of para-hydroxylation sites is 1. The average molecular weight is 367 g/mol. The lowest BCUT2D eigenvalue weighted by Crippen LogP contribution is -1.88. The van der Waals surface area contributed by atoms with E-state index in [-0.39, 0.29) is 0 Å². The Labute approximate surface area is 167 Å². The third kappa shape index (κ3) is 10.2. The van der Waals surface area contributed by atoms with E-state index in [1.165, 1.54) is 89.0 Å². The molecule has 0 saturated carbocycles. The van der Waals surface area contributed by atoms with Crippen molar-refractivity contribution in [2.24, 2.45) is 0 Å². The summed E-state index contributed by atoms with van der Waals surface area (Å²) in [4.78, 5) is 0. The maximum Gasteiger partial charge on any atom is 0.127 e. The summed E-state index contributed by atoms with van der Waals surface area (Å²) in [6.07, 6.45) is 18.1. The first-order chi connectivity index (χ1) is 13.4. The topological polar surface area (TPSA) is 9.23 Å². The van der Waals surface area contributed by atoms with Gasteiger partial charge in [0.05, 0.1) is 0 Å². The van der Waals surface area contributed by atoms with E-state index >= 15 is 0 Å². The number of benzene rings is 2. The van der Waals surface area contributed by atoms with E-state index in [4.69, 9.17) is 4.74 Å². The smallest absolute Gasteiger partial charge is 0.127 e. The van der Waals surface area contributed by atoms with Crippen LogP contribution in [0.3, 0.4) is 0 Å². The van der Waals surface area contributed by atoms with Gasteiger partial charge in [-0.2, -0.15) is 0 Å². The average Bonchev–Trinajstić information content (AvgIpc) is 2.71. The Morgan fingerprint density at radius 1 is 0.519 bits per heavy atom. The van der Waals surface area contributed by atoms with Crippen LogP contribution in [0.25, 0.3) is 0 Å². The van der Waals surface area contributed by atoms with Crippen LogP contribution >= 0.6 is 0 Å². The van der Waals surface area contributed by atoms with E-state index in [1.807, 2.05) is 30.3 Å². The van der Waals surface area contributed by atoms with Crippen LogP contribution in [0.15, 0.2) is 54.6 Å². The third-order valence-corrected chi connectivity index (χ3v) is 5.22. The van der Waals surface area contributed by atoms with Crippen molar-refractivity contribution in [2.45, 2.75) is 90.4 Å². The molecule has 0 aliphatic carbocycles. The van der Waals surface area contributed by atoms with E-state index in [0.717, 1.165) is 11.5 Å². The molecule has 0 spiro atoms. The van der Waals surface area contributed by atoms with Crippen molar-refractivity contribution >= 4 is 0 Å². The maximum absolute atomic E-state index is 5.85. The monoisotopic (exact) mass is 366 g/mol. The summed E-state index contributed by atoms with van der Waals surface area (Å²) in [5.74, 6) is 1.81. The van der Waals surface area contributed by atoms with E-state index in [1.54, 1.807) is 0 Å². The van der Waals surface area contributed by atoms with Gasteiger partial charge >= 0.3 is 0 Å². The largest absolute Gasteiger partial charge is 0.457 e. The lowest BCUT2D eigenvalue weighted by Gasteiger charge is -2.07. The molecule has 0 amide bonds. The van der Waals surface area contributed by atoms with Crippen molar-refractivity contribution in [3.8, 4) is 11.5 Å². The predicted molar refractivity (Wildman–Crippen MR) is 118 cm³/mol. The molecule has 148 valence electrons. The van der Waals surface area contributed by atoms with Crippen LogP contribution in [0.2, 0.25) is 0 Å². The normalized spacial score (nSPS) is 10.9. The fourth-order valence-electron chi connectivity index (χ4n) is 3.52. The Kier molecular flexibility index (Phi) is 11.4. The van der Waals surface area contributed by atoms with Gasteiger partial charge < -0.3 is 4.74 Å². The zero-order valence-electron chi connectivity index (χ0n) is 17.3. The van der Waals surface area contributed by atoms with Crippen molar-refractivity contribution in [1.82, 2.24) is 0 Å². The van der Waals surface area contributed by atoms with E-state index < -0.39 is 0 Å². The minimum atomic E-state index is 0.895. The van der Waals surface area contributed by atoms with Crippen molar-refractivity contribution in [3.05, 3.63) is 60.2 Å². The molecule has 0 radical (unpaired) electrons. The second-order valence-corrected chi connectivity index (χ2v) is 7.70. The summed E-state index contributed by atoms with van der Waals surface area (Å²) in [6.45, 7) is 2.29. The molecule has 2 aromatic carbocycles. The molecule has 0 atom stereocenters. The highest BCUT2D eigenvalue weighted by Crippen LogP contribution is 2.22. The first kappa shape index (κ1) is 21.5. The van der Waals surface area contributed by atoms with Gasteiger partial charge in [0.2, 0.25) is 0 Å². The third-order valence-electron chi connectivity index (χ3n) is 5.22. The van der Waals surface area contributed by atoms with Crippen LogP contribution in [0.5, 0.6) is 11.5 Å². The van der Waals surface area contributed by atoms with E-state index in [0.29, 0.717) is 0 Å². The summed E-state index contributed by atoms with van der Waals surface area (Å²) < 4.78 is 5.85. The first-order valence-corrected chi connectivity index (χ1v) is 11.2. The van der Waals surface area contributed by atoms with Crippen LogP contribution in [-0.2, 0) is 6.42 Å². The van der Waals surface area contributed by atoms with Gasteiger partial charge in [0.1, 0.15) is 11.5 Å². The Morgan fingerprint density at radius 2 is 1.00 bits per heavy atom. The lowest BCUT2D eigenvalue weighted by atomic mass is 10.0. The van der Waals surface area contributed by atoms with Gasteiger partial charge in [-0.05, 0) is 42.7 Å². The molecule has 0 aliphatic heterocycles. The van der Waals surface area contributed by atoms with Crippen molar-refractivity contribution < 1.29 is 4.74 Å². The Hall–Kier alpha value is -1.76. The highest BCUT2D eigenvalue weighted by Gasteiger charge is 1.99. The fourth-order valence-corrected chi connectivity index (χ4v) is 3.52. The fraction of sp³-hybridized carbons (Fsp3) is 0.538.